The van der Waals surface area contributed by atoms with E-state index < -0.39 is 0 Å². The molecule has 2 nitrogen and oxygen atoms in total. The second-order valence-electron chi connectivity index (χ2n) is 4.39. The summed E-state index contributed by atoms with van der Waals surface area (Å²) in [6, 6.07) is 7.22. The van der Waals surface area contributed by atoms with E-state index in [0.29, 0.717) is 6.04 Å². The fourth-order valence-corrected chi connectivity index (χ4v) is 3.00. The monoisotopic (exact) mass is 266 g/mol. The number of halogens is 1. The summed E-state index contributed by atoms with van der Waals surface area (Å²) in [6.45, 7) is 2.32. The van der Waals surface area contributed by atoms with Crippen LogP contribution in [0.15, 0.2) is 22.7 Å². The lowest BCUT2D eigenvalue weighted by molar-refractivity contribution is 0.466. The molecule has 1 fully saturated rings. The van der Waals surface area contributed by atoms with E-state index in [0.717, 1.165) is 6.54 Å². The molecule has 0 aliphatic carbocycles. The Morgan fingerprint density at radius 2 is 2.27 bits per heavy atom. The van der Waals surface area contributed by atoms with E-state index in [1.54, 1.807) is 0 Å². The number of benzene rings is 1. The Balaban J connectivity index is 2.01. The van der Waals surface area contributed by atoms with Gasteiger partial charge in [-0.1, -0.05) is 15.9 Å². The van der Waals surface area contributed by atoms with Crippen molar-refractivity contribution in [1.29, 1.82) is 0 Å². The highest BCUT2D eigenvalue weighted by atomic mass is 79.9. The summed E-state index contributed by atoms with van der Waals surface area (Å²) in [5.41, 5.74) is 2.66. The highest BCUT2D eigenvalue weighted by molar-refractivity contribution is 9.10. The van der Waals surface area contributed by atoms with Gasteiger partial charge in [-0.25, -0.2) is 0 Å². The van der Waals surface area contributed by atoms with Gasteiger partial charge in [0.2, 0.25) is 0 Å². The van der Waals surface area contributed by atoms with Gasteiger partial charge in [0.15, 0.2) is 0 Å². The van der Waals surface area contributed by atoms with Crippen LogP contribution in [0.5, 0.6) is 0 Å². The van der Waals surface area contributed by atoms with Crippen molar-refractivity contribution < 1.29 is 0 Å². The van der Waals surface area contributed by atoms with Crippen molar-refractivity contribution in [2.24, 2.45) is 0 Å². The quantitative estimate of drug-likeness (QED) is 0.776. The molecule has 80 valence electrons. The third-order valence-electron chi connectivity index (χ3n) is 3.42. The molecular formula is C12H15BrN2. The normalized spacial score (nSPS) is 24.1. The lowest BCUT2D eigenvalue weighted by Gasteiger charge is -2.42. The zero-order valence-corrected chi connectivity index (χ0v) is 10.3. The van der Waals surface area contributed by atoms with Crippen LogP contribution in [0, 0.1) is 0 Å². The molecule has 0 radical (unpaired) electrons. The van der Waals surface area contributed by atoms with Gasteiger partial charge >= 0.3 is 0 Å². The van der Waals surface area contributed by atoms with Crippen LogP contribution in [-0.2, 0) is 0 Å². The Bertz CT molecular complexity index is 378. The fourth-order valence-electron chi connectivity index (χ4n) is 2.65. The molecule has 3 rings (SSSR count). The predicted molar refractivity (Wildman–Crippen MR) is 67.6 cm³/mol. The Labute approximate surface area is 98.8 Å². The maximum atomic E-state index is 3.55. The molecule has 3 heteroatoms. The summed E-state index contributed by atoms with van der Waals surface area (Å²) in [7, 11) is 0. The molecule has 2 aliphatic heterocycles. The van der Waals surface area contributed by atoms with Gasteiger partial charge in [0.1, 0.15) is 0 Å². The third-order valence-corrected chi connectivity index (χ3v) is 3.92. The summed E-state index contributed by atoms with van der Waals surface area (Å²) in [5.74, 6) is 0. The number of nitrogens with zero attached hydrogens (tertiary/aromatic N) is 1. The number of anilines is 2. The van der Waals surface area contributed by atoms with Crippen LogP contribution < -0.4 is 10.2 Å². The van der Waals surface area contributed by atoms with Crippen LogP contribution in [0.3, 0.4) is 0 Å². The van der Waals surface area contributed by atoms with Crippen molar-refractivity contribution in [2.45, 2.75) is 25.3 Å². The second-order valence-corrected chi connectivity index (χ2v) is 5.30. The largest absolute Gasteiger partial charge is 0.381 e. The van der Waals surface area contributed by atoms with Gasteiger partial charge in [-0.2, -0.15) is 0 Å². The molecule has 1 aromatic carbocycles. The molecule has 2 aliphatic rings. The second kappa shape index (κ2) is 3.71. The number of rotatable bonds is 0. The molecule has 1 atom stereocenters. The summed E-state index contributed by atoms with van der Waals surface area (Å²) in [4.78, 5) is 2.57. The molecule has 1 aromatic rings. The van der Waals surface area contributed by atoms with Crippen molar-refractivity contribution in [3.05, 3.63) is 22.7 Å². The summed E-state index contributed by atoms with van der Waals surface area (Å²) in [5, 5.41) is 3.53. The molecule has 0 aromatic heterocycles. The Morgan fingerprint density at radius 3 is 3.20 bits per heavy atom. The summed E-state index contributed by atoms with van der Waals surface area (Å²) < 4.78 is 1.18. The first-order valence-electron chi connectivity index (χ1n) is 5.65. The summed E-state index contributed by atoms with van der Waals surface area (Å²) in [6.07, 6.45) is 4.05. The van der Waals surface area contributed by atoms with Crippen LogP contribution in [0.1, 0.15) is 19.3 Å². The van der Waals surface area contributed by atoms with Crippen molar-refractivity contribution in [1.82, 2.24) is 0 Å². The first kappa shape index (κ1) is 9.52. The summed E-state index contributed by atoms with van der Waals surface area (Å²) >= 11 is 3.55. The van der Waals surface area contributed by atoms with Crippen molar-refractivity contribution in [3.8, 4) is 0 Å². The number of piperidine rings is 1. The van der Waals surface area contributed by atoms with Crippen LogP contribution in [-0.4, -0.2) is 19.1 Å². The van der Waals surface area contributed by atoms with Crippen molar-refractivity contribution in [3.63, 3.8) is 0 Å². The number of hydrogen-bond acceptors (Lipinski definition) is 2. The molecule has 0 bridgehead atoms. The van der Waals surface area contributed by atoms with E-state index in [1.165, 1.54) is 41.7 Å². The standard InChI is InChI=1S/C12H15BrN2/c13-9-4-5-11-12(7-9)15-6-2-1-3-10(15)8-14-11/h4-5,7,10,14H,1-3,6,8H2. The molecule has 1 saturated heterocycles. The van der Waals surface area contributed by atoms with Gasteiger partial charge < -0.3 is 10.2 Å². The molecule has 0 amide bonds. The average Bonchev–Trinajstić information content (AvgIpc) is 2.29. The van der Waals surface area contributed by atoms with Crippen LogP contribution in [0.2, 0.25) is 0 Å². The van der Waals surface area contributed by atoms with Crippen LogP contribution >= 0.6 is 15.9 Å². The Hall–Kier alpha value is -0.700. The molecule has 15 heavy (non-hydrogen) atoms. The van der Waals surface area contributed by atoms with Crippen molar-refractivity contribution in [2.75, 3.05) is 23.3 Å². The van der Waals surface area contributed by atoms with E-state index in [1.807, 2.05) is 0 Å². The van der Waals surface area contributed by atoms with Crippen LogP contribution in [0.25, 0.3) is 0 Å². The van der Waals surface area contributed by atoms with Crippen molar-refractivity contribution >= 4 is 27.3 Å². The maximum absolute atomic E-state index is 3.55. The molecule has 2 heterocycles. The van der Waals surface area contributed by atoms with E-state index >= 15 is 0 Å². The van der Waals surface area contributed by atoms with E-state index in [4.69, 9.17) is 0 Å². The van der Waals surface area contributed by atoms with E-state index in [2.05, 4.69) is 44.3 Å². The maximum Gasteiger partial charge on any atom is 0.0616 e. The Morgan fingerprint density at radius 1 is 1.33 bits per heavy atom. The van der Waals surface area contributed by atoms with Gasteiger partial charge in [0, 0.05) is 23.6 Å². The lowest BCUT2D eigenvalue weighted by atomic mass is 9.98. The highest BCUT2D eigenvalue weighted by Crippen LogP contribution is 2.36. The zero-order valence-electron chi connectivity index (χ0n) is 8.67. The molecule has 1 unspecified atom stereocenters. The smallest absolute Gasteiger partial charge is 0.0616 e. The van der Waals surface area contributed by atoms with Gasteiger partial charge in [0.05, 0.1) is 11.4 Å². The minimum atomic E-state index is 0.709. The molecule has 0 spiro atoms. The fraction of sp³-hybridized carbons (Fsp3) is 0.500. The number of nitrogens with one attached hydrogen (secondary N) is 1. The minimum Gasteiger partial charge on any atom is -0.381 e. The van der Waals surface area contributed by atoms with Gasteiger partial charge in [0.25, 0.3) is 0 Å². The van der Waals surface area contributed by atoms with E-state index in [9.17, 15) is 0 Å². The molecule has 1 N–H and O–H groups in total. The number of fused-ring (bicyclic) bond motifs is 3. The number of hydrogen-bond donors (Lipinski definition) is 1. The highest BCUT2D eigenvalue weighted by Gasteiger charge is 2.27. The average molecular weight is 267 g/mol. The topological polar surface area (TPSA) is 15.3 Å². The van der Waals surface area contributed by atoms with Crippen LogP contribution in [0.4, 0.5) is 11.4 Å². The first-order chi connectivity index (χ1) is 7.34. The SMILES string of the molecule is Brc1ccc2c(c1)N1CCCCC1CN2. The Kier molecular flexibility index (Phi) is 2.35. The zero-order chi connectivity index (χ0) is 10.3. The van der Waals surface area contributed by atoms with E-state index in [-0.39, 0.29) is 0 Å². The predicted octanol–water partition coefficient (Wildman–Crippen LogP) is 3.23. The van der Waals surface area contributed by atoms with Gasteiger partial charge in [-0.3, -0.25) is 0 Å². The molecular weight excluding hydrogens is 252 g/mol. The minimum absolute atomic E-state index is 0.709. The van der Waals surface area contributed by atoms with Gasteiger partial charge in [-0.15, -0.1) is 0 Å². The first-order valence-corrected chi connectivity index (χ1v) is 6.44. The third kappa shape index (κ3) is 1.63. The molecule has 0 saturated carbocycles. The lowest BCUT2D eigenvalue weighted by Crippen LogP contribution is -2.46. The van der Waals surface area contributed by atoms with Gasteiger partial charge in [-0.05, 0) is 37.5 Å².